The minimum atomic E-state index is -3.86. The molecule has 0 amide bonds. The first-order chi connectivity index (χ1) is 9.34. The smallest absolute Gasteiger partial charge is 0.325 e. The fraction of sp³-hybridized carbons (Fsp3) is 0.462. The summed E-state index contributed by atoms with van der Waals surface area (Å²) < 4.78 is 26.4. The number of carboxylic acid groups (broad SMARTS) is 1. The number of carbonyl (C=O) groups is 1. The second-order valence-corrected chi connectivity index (χ2v) is 7.13. The first-order valence-corrected chi connectivity index (χ1v) is 8.18. The molecule has 0 bridgehead atoms. The van der Waals surface area contributed by atoms with Crippen LogP contribution in [0.3, 0.4) is 0 Å². The van der Waals surface area contributed by atoms with Gasteiger partial charge in [0.05, 0.1) is 4.90 Å². The lowest BCUT2D eigenvalue weighted by molar-refractivity contribution is -0.147. The average molecular weight is 318 g/mol. The summed E-state index contributed by atoms with van der Waals surface area (Å²) in [6.45, 7) is 1.91. The lowest BCUT2D eigenvalue weighted by Gasteiger charge is -2.32. The van der Waals surface area contributed by atoms with Gasteiger partial charge in [0, 0.05) is 11.6 Å². The highest BCUT2D eigenvalue weighted by Gasteiger charge is 2.52. The van der Waals surface area contributed by atoms with Gasteiger partial charge in [-0.1, -0.05) is 24.6 Å². The van der Waals surface area contributed by atoms with Crippen LogP contribution in [0.4, 0.5) is 0 Å². The van der Waals surface area contributed by atoms with Crippen molar-refractivity contribution in [2.24, 2.45) is 0 Å². The molecule has 1 aromatic rings. The van der Waals surface area contributed by atoms with Crippen molar-refractivity contribution >= 4 is 27.6 Å². The zero-order valence-corrected chi connectivity index (χ0v) is 12.6. The Morgan fingerprint density at radius 1 is 1.50 bits per heavy atom. The lowest BCUT2D eigenvalue weighted by Crippen LogP contribution is -2.52. The SMILES string of the molecule is CCC1(C(=O)O)CCCN1S(=O)(=O)c1cccc(Cl)c1. The standard InChI is InChI=1S/C13H16ClNO4S/c1-2-13(12(16)17)7-4-8-15(13)20(18,19)11-6-3-5-10(14)9-11/h3,5-6,9H,2,4,7-8H2,1H3,(H,16,17). The third kappa shape index (κ3) is 2.32. The van der Waals surface area contributed by atoms with Gasteiger partial charge in [0.2, 0.25) is 10.0 Å². The number of aliphatic carboxylic acids is 1. The van der Waals surface area contributed by atoms with E-state index in [4.69, 9.17) is 11.6 Å². The Morgan fingerprint density at radius 2 is 2.20 bits per heavy atom. The predicted molar refractivity (Wildman–Crippen MR) is 75.2 cm³/mol. The van der Waals surface area contributed by atoms with Crippen molar-refractivity contribution in [2.45, 2.75) is 36.6 Å². The van der Waals surface area contributed by atoms with Crippen molar-refractivity contribution in [2.75, 3.05) is 6.54 Å². The number of hydrogen-bond donors (Lipinski definition) is 1. The molecule has 20 heavy (non-hydrogen) atoms. The fourth-order valence-electron chi connectivity index (χ4n) is 2.68. The Balaban J connectivity index is 2.51. The van der Waals surface area contributed by atoms with Gasteiger partial charge in [-0.05, 0) is 37.5 Å². The Kier molecular flexibility index (Phi) is 4.09. The fourth-order valence-corrected chi connectivity index (χ4v) is 4.84. The molecule has 1 aliphatic rings. The quantitative estimate of drug-likeness (QED) is 0.925. The first kappa shape index (κ1) is 15.3. The van der Waals surface area contributed by atoms with Crippen molar-refractivity contribution in [3.8, 4) is 0 Å². The van der Waals surface area contributed by atoms with Crippen molar-refractivity contribution in [3.05, 3.63) is 29.3 Å². The van der Waals surface area contributed by atoms with Gasteiger partial charge in [0.15, 0.2) is 0 Å². The molecule has 1 saturated heterocycles. The third-order valence-corrected chi connectivity index (χ3v) is 5.99. The van der Waals surface area contributed by atoms with E-state index in [1.54, 1.807) is 19.1 Å². The lowest BCUT2D eigenvalue weighted by atomic mass is 9.95. The van der Waals surface area contributed by atoms with Gasteiger partial charge >= 0.3 is 5.97 Å². The molecule has 1 fully saturated rings. The molecule has 0 spiro atoms. The summed E-state index contributed by atoms with van der Waals surface area (Å²) in [5.41, 5.74) is -1.35. The Bertz CT molecular complexity index is 631. The van der Waals surface area contributed by atoms with Crippen LogP contribution in [0.25, 0.3) is 0 Å². The second-order valence-electron chi connectivity index (χ2n) is 4.83. The molecular formula is C13H16ClNO4S. The summed E-state index contributed by atoms with van der Waals surface area (Å²) in [5.74, 6) is -1.09. The highest BCUT2D eigenvalue weighted by molar-refractivity contribution is 7.89. The van der Waals surface area contributed by atoms with E-state index >= 15 is 0 Å². The number of benzene rings is 1. The van der Waals surface area contributed by atoms with Crippen LogP contribution in [0.5, 0.6) is 0 Å². The molecular weight excluding hydrogens is 302 g/mol. The van der Waals surface area contributed by atoms with E-state index in [2.05, 4.69) is 0 Å². The van der Waals surface area contributed by atoms with Crippen molar-refractivity contribution in [3.63, 3.8) is 0 Å². The first-order valence-electron chi connectivity index (χ1n) is 6.36. The van der Waals surface area contributed by atoms with Crippen LogP contribution < -0.4 is 0 Å². The number of nitrogens with zero attached hydrogens (tertiary/aromatic N) is 1. The molecule has 0 radical (unpaired) electrons. The van der Waals surface area contributed by atoms with Crippen molar-refractivity contribution in [1.82, 2.24) is 4.31 Å². The van der Waals surface area contributed by atoms with Gasteiger partial charge in [-0.3, -0.25) is 4.79 Å². The van der Waals surface area contributed by atoms with Gasteiger partial charge in [0.25, 0.3) is 0 Å². The zero-order chi connectivity index (χ0) is 15.0. The normalized spacial score (nSPS) is 23.9. The number of sulfonamides is 1. The van der Waals surface area contributed by atoms with Crippen LogP contribution in [-0.4, -0.2) is 35.9 Å². The van der Waals surface area contributed by atoms with Crippen LogP contribution in [0.2, 0.25) is 5.02 Å². The molecule has 0 aliphatic carbocycles. The van der Waals surface area contributed by atoms with E-state index in [1.807, 2.05) is 0 Å². The highest BCUT2D eigenvalue weighted by atomic mass is 35.5. The van der Waals surface area contributed by atoms with E-state index in [-0.39, 0.29) is 17.9 Å². The molecule has 1 aliphatic heterocycles. The molecule has 0 saturated carbocycles. The summed E-state index contributed by atoms with van der Waals surface area (Å²) in [6.07, 6.45) is 1.11. The minimum Gasteiger partial charge on any atom is -0.480 e. The van der Waals surface area contributed by atoms with E-state index in [1.165, 1.54) is 12.1 Å². The zero-order valence-electron chi connectivity index (χ0n) is 11.0. The Hall–Kier alpha value is -1.11. The monoisotopic (exact) mass is 317 g/mol. The van der Waals surface area contributed by atoms with Gasteiger partial charge < -0.3 is 5.11 Å². The average Bonchev–Trinajstić information content (AvgIpc) is 2.84. The molecule has 1 N–H and O–H groups in total. The van der Waals surface area contributed by atoms with Crippen LogP contribution in [0.15, 0.2) is 29.2 Å². The molecule has 5 nitrogen and oxygen atoms in total. The van der Waals surface area contributed by atoms with E-state index < -0.39 is 21.5 Å². The van der Waals surface area contributed by atoms with E-state index in [0.29, 0.717) is 17.9 Å². The summed E-state index contributed by atoms with van der Waals surface area (Å²) in [6, 6.07) is 5.90. The van der Waals surface area contributed by atoms with Crippen LogP contribution in [-0.2, 0) is 14.8 Å². The molecule has 1 aromatic carbocycles. The summed E-state index contributed by atoms with van der Waals surface area (Å²) in [4.78, 5) is 11.6. The summed E-state index contributed by atoms with van der Waals surface area (Å²) >= 11 is 5.83. The maximum absolute atomic E-state index is 12.7. The van der Waals surface area contributed by atoms with Gasteiger partial charge in [-0.25, -0.2) is 8.42 Å². The largest absolute Gasteiger partial charge is 0.480 e. The van der Waals surface area contributed by atoms with E-state index in [0.717, 1.165) is 4.31 Å². The van der Waals surface area contributed by atoms with Crippen molar-refractivity contribution < 1.29 is 18.3 Å². The van der Waals surface area contributed by atoms with Crippen LogP contribution in [0.1, 0.15) is 26.2 Å². The predicted octanol–water partition coefficient (Wildman–Crippen LogP) is 2.36. The highest BCUT2D eigenvalue weighted by Crippen LogP contribution is 2.37. The van der Waals surface area contributed by atoms with Gasteiger partial charge in [-0.15, -0.1) is 0 Å². The molecule has 1 heterocycles. The van der Waals surface area contributed by atoms with Crippen LogP contribution >= 0.6 is 11.6 Å². The third-order valence-electron chi connectivity index (χ3n) is 3.80. The maximum atomic E-state index is 12.7. The number of hydrogen-bond acceptors (Lipinski definition) is 3. The topological polar surface area (TPSA) is 74.7 Å². The molecule has 7 heteroatoms. The number of rotatable bonds is 4. The Morgan fingerprint density at radius 3 is 2.75 bits per heavy atom. The molecule has 1 unspecified atom stereocenters. The molecule has 2 rings (SSSR count). The summed E-state index contributed by atoms with van der Waals surface area (Å²) in [5, 5.41) is 9.77. The minimum absolute atomic E-state index is 0.0333. The Labute approximate surface area is 123 Å². The summed E-state index contributed by atoms with van der Waals surface area (Å²) in [7, 11) is -3.86. The molecule has 110 valence electrons. The maximum Gasteiger partial charge on any atom is 0.325 e. The molecule has 0 aromatic heterocycles. The van der Waals surface area contributed by atoms with E-state index in [9.17, 15) is 18.3 Å². The van der Waals surface area contributed by atoms with Gasteiger partial charge in [-0.2, -0.15) is 4.31 Å². The molecule has 1 atom stereocenters. The number of carboxylic acids is 1. The number of halogens is 1. The van der Waals surface area contributed by atoms with Gasteiger partial charge in [0.1, 0.15) is 5.54 Å². The van der Waals surface area contributed by atoms with Crippen molar-refractivity contribution in [1.29, 1.82) is 0 Å². The van der Waals surface area contributed by atoms with Crippen LogP contribution in [0, 0.1) is 0 Å². The second kappa shape index (κ2) is 5.35.